The van der Waals surface area contributed by atoms with Crippen LogP contribution in [0.2, 0.25) is 0 Å². The van der Waals surface area contributed by atoms with E-state index in [9.17, 15) is 13.2 Å². The molecule has 0 saturated heterocycles. The van der Waals surface area contributed by atoms with Gasteiger partial charge in [0.2, 0.25) is 0 Å². The number of hydrogen-bond acceptors (Lipinski definition) is 8. The Kier molecular flexibility index (Phi) is 8.37. The standard InChI is InChI=1S/C26H24N6O2.CH4O3S/c1-16(2)29-25(33)15-34-20-6-3-5-17(12-20)26-27-14-21-23(7-4-8-24(21)31-26)30-19-9-10-22-18(11-19)13-28-32-22;1-5(2,3)4/h3-14,16,30H,15H2,1-2H3,(H,28,32)(H,29,33);1H3,(H,2,3,4). The van der Waals surface area contributed by atoms with Gasteiger partial charge in [-0.3, -0.25) is 14.4 Å². The lowest BCUT2D eigenvalue weighted by molar-refractivity contribution is -0.123. The number of H-pyrrole nitrogens is 1. The Morgan fingerprint density at radius 3 is 2.62 bits per heavy atom. The molecule has 2 heterocycles. The van der Waals surface area contributed by atoms with Crippen molar-refractivity contribution in [1.29, 1.82) is 0 Å². The minimum Gasteiger partial charge on any atom is -0.484 e. The van der Waals surface area contributed by atoms with Crippen LogP contribution in [0.25, 0.3) is 33.2 Å². The van der Waals surface area contributed by atoms with E-state index < -0.39 is 10.1 Å². The zero-order valence-electron chi connectivity index (χ0n) is 21.5. The van der Waals surface area contributed by atoms with Crippen molar-refractivity contribution in [3.63, 3.8) is 0 Å². The number of fused-ring (bicyclic) bond motifs is 2. The van der Waals surface area contributed by atoms with E-state index in [1.165, 1.54) is 0 Å². The Balaban J connectivity index is 0.000000648. The van der Waals surface area contributed by atoms with Crippen LogP contribution in [0.4, 0.5) is 11.4 Å². The molecule has 12 heteroatoms. The van der Waals surface area contributed by atoms with Crippen LogP contribution in [-0.2, 0) is 14.9 Å². The summed E-state index contributed by atoms with van der Waals surface area (Å²) >= 11 is 0. The van der Waals surface area contributed by atoms with Gasteiger partial charge in [0.25, 0.3) is 16.0 Å². The van der Waals surface area contributed by atoms with Gasteiger partial charge < -0.3 is 15.4 Å². The molecule has 0 aliphatic heterocycles. The van der Waals surface area contributed by atoms with E-state index in [1.807, 2.05) is 80.7 Å². The number of aromatic nitrogens is 4. The molecule has 0 bridgehead atoms. The van der Waals surface area contributed by atoms with E-state index in [0.29, 0.717) is 17.8 Å². The summed E-state index contributed by atoms with van der Waals surface area (Å²) in [6.45, 7) is 3.78. The molecule has 39 heavy (non-hydrogen) atoms. The van der Waals surface area contributed by atoms with Gasteiger partial charge in [-0.05, 0) is 56.3 Å². The Bertz CT molecular complexity index is 1710. The molecular formula is C27H28N6O5S. The normalized spacial score (nSPS) is 11.2. The third-order valence-electron chi connectivity index (χ3n) is 5.26. The maximum absolute atomic E-state index is 11.9. The van der Waals surface area contributed by atoms with Crippen LogP contribution in [0.3, 0.4) is 0 Å². The van der Waals surface area contributed by atoms with Crippen molar-refractivity contribution in [3.05, 3.63) is 73.1 Å². The van der Waals surface area contributed by atoms with Gasteiger partial charge in [-0.1, -0.05) is 18.2 Å². The molecule has 0 aliphatic rings. The molecule has 0 fully saturated rings. The SMILES string of the molecule is CC(C)NC(=O)COc1cccc(-c2ncc3c(Nc4ccc5[nH]ncc5c4)cccc3n2)c1.CS(=O)(=O)O. The van der Waals surface area contributed by atoms with E-state index in [-0.39, 0.29) is 18.6 Å². The molecule has 5 aromatic rings. The van der Waals surface area contributed by atoms with Gasteiger partial charge in [-0.15, -0.1) is 0 Å². The second-order valence-corrected chi connectivity index (χ2v) is 10.5. The summed E-state index contributed by atoms with van der Waals surface area (Å²) in [6, 6.07) is 19.5. The number of nitrogens with one attached hydrogen (secondary N) is 3. The number of nitrogens with zero attached hydrogens (tertiary/aromatic N) is 3. The fourth-order valence-corrected chi connectivity index (χ4v) is 3.72. The number of benzene rings is 3. The van der Waals surface area contributed by atoms with Crippen LogP contribution >= 0.6 is 0 Å². The number of carbonyl (C=O) groups excluding carboxylic acids is 1. The van der Waals surface area contributed by atoms with Gasteiger partial charge in [0.1, 0.15) is 5.75 Å². The molecule has 2 aromatic heterocycles. The van der Waals surface area contributed by atoms with Crippen molar-refractivity contribution >= 4 is 49.2 Å². The quantitative estimate of drug-likeness (QED) is 0.217. The van der Waals surface area contributed by atoms with E-state index in [1.54, 1.807) is 6.20 Å². The number of anilines is 2. The van der Waals surface area contributed by atoms with Crippen molar-refractivity contribution in [1.82, 2.24) is 25.5 Å². The maximum Gasteiger partial charge on any atom is 0.261 e. The lowest BCUT2D eigenvalue weighted by atomic mass is 10.1. The van der Waals surface area contributed by atoms with Crippen molar-refractivity contribution in [3.8, 4) is 17.1 Å². The molecule has 0 spiro atoms. The first-order chi connectivity index (χ1) is 18.5. The zero-order valence-corrected chi connectivity index (χ0v) is 22.4. The first kappa shape index (κ1) is 27.5. The van der Waals surface area contributed by atoms with Crippen LogP contribution in [0, 0.1) is 0 Å². The molecule has 4 N–H and O–H groups in total. The van der Waals surface area contributed by atoms with Crippen molar-refractivity contribution < 1.29 is 22.5 Å². The molecule has 0 aliphatic carbocycles. The summed E-state index contributed by atoms with van der Waals surface area (Å²) in [5.41, 5.74) is 4.50. The predicted octanol–water partition coefficient (Wildman–Crippen LogP) is 4.32. The van der Waals surface area contributed by atoms with E-state index in [0.717, 1.165) is 38.7 Å². The summed E-state index contributed by atoms with van der Waals surface area (Å²) < 4.78 is 31.5. The van der Waals surface area contributed by atoms with E-state index >= 15 is 0 Å². The van der Waals surface area contributed by atoms with Gasteiger partial charge in [-0.2, -0.15) is 13.5 Å². The lowest BCUT2D eigenvalue weighted by Crippen LogP contribution is -2.34. The predicted molar refractivity (Wildman–Crippen MR) is 151 cm³/mol. The molecule has 0 atom stereocenters. The minimum atomic E-state index is -3.67. The minimum absolute atomic E-state index is 0.0418. The monoisotopic (exact) mass is 548 g/mol. The third-order valence-corrected chi connectivity index (χ3v) is 5.26. The average molecular weight is 549 g/mol. The van der Waals surface area contributed by atoms with Crippen molar-refractivity contribution in [2.24, 2.45) is 0 Å². The summed E-state index contributed by atoms with van der Waals surface area (Å²) in [5, 5.41) is 15.3. The van der Waals surface area contributed by atoms with Gasteiger partial charge in [0.15, 0.2) is 12.4 Å². The summed E-state index contributed by atoms with van der Waals surface area (Å²) in [5.74, 6) is 1.01. The zero-order chi connectivity index (χ0) is 28.0. The van der Waals surface area contributed by atoms with Crippen molar-refractivity contribution in [2.45, 2.75) is 19.9 Å². The summed E-state index contributed by atoms with van der Waals surface area (Å²) in [7, 11) is -3.67. The molecule has 202 valence electrons. The maximum atomic E-state index is 11.9. The average Bonchev–Trinajstić information content (AvgIpc) is 3.34. The van der Waals surface area contributed by atoms with Gasteiger partial charge in [0.05, 0.1) is 23.5 Å². The van der Waals surface area contributed by atoms with Crippen LogP contribution in [0.15, 0.2) is 73.1 Å². The highest BCUT2D eigenvalue weighted by Gasteiger charge is 2.10. The highest BCUT2D eigenvalue weighted by Crippen LogP contribution is 2.29. The first-order valence-electron chi connectivity index (χ1n) is 12.0. The van der Waals surface area contributed by atoms with Crippen LogP contribution in [0.5, 0.6) is 5.75 Å². The number of amides is 1. The fraction of sp³-hybridized carbons (Fsp3) is 0.185. The lowest BCUT2D eigenvalue weighted by Gasteiger charge is -2.11. The Hall–Kier alpha value is -4.55. The van der Waals surface area contributed by atoms with E-state index in [2.05, 4.69) is 25.8 Å². The summed E-state index contributed by atoms with van der Waals surface area (Å²) in [4.78, 5) is 21.2. The Morgan fingerprint density at radius 1 is 1.08 bits per heavy atom. The highest BCUT2D eigenvalue weighted by atomic mass is 32.2. The molecule has 11 nitrogen and oxygen atoms in total. The van der Waals surface area contributed by atoms with E-state index in [4.69, 9.17) is 14.3 Å². The van der Waals surface area contributed by atoms with Gasteiger partial charge >= 0.3 is 0 Å². The summed E-state index contributed by atoms with van der Waals surface area (Å²) in [6.07, 6.45) is 4.33. The molecular weight excluding hydrogens is 520 g/mol. The number of rotatable bonds is 7. The first-order valence-corrected chi connectivity index (χ1v) is 13.8. The van der Waals surface area contributed by atoms with Gasteiger partial charge in [0, 0.05) is 39.9 Å². The topological polar surface area (TPSA) is 159 Å². The Labute approximate surface area is 225 Å². The van der Waals surface area contributed by atoms with Crippen LogP contribution < -0.4 is 15.4 Å². The second-order valence-electron chi connectivity index (χ2n) is 9.00. The number of hydrogen-bond donors (Lipinski definition) is 4. The molecule has 0 unspecified atom stereocenters. The number of aromatic amines is 1. The third kappa shape index (κ3) is 7.97. The number of carbonyl (C=O) groups is 1. The fourth-order valence-electron chi connectivity index (χ4n) is 3.72. The molecule has 3 aromatic carbocycles. The largest absolute Gasteiger partial charge is 0.484 e. The van der Waals surface area contributed by atoms with Gasteiger partial charge in [-0.25, -0.2) is 9.97 Å². The molecule has 1 amide bonds. The highest BCUT2D eigenvalue weighted by molar-refractivity contribution is 7.85. The molecule has 5 rings (SSSR count). The van der Waals surface area contributed by atoms with Crippen LogP contribution in [-0.4, -0.2) is 57.9 Å². The Morgan fingerprint density at radius 2 is 1.85 bits per heavy atom. The van der Waals surface area contributed by atoms with Crippen LogP contribution in [0.1, 0.15) is 13.8 Å². The number of ether oxygens (including phenoxy) is 1. The smallest absolute Gasteiger partial charge is 0.261 e. The molecule has 0 radical (unpaired) electrons. The second kappa shape index (κ2) is 11.9. The molecule has 0 saturated carbocycles. The van der Waals surface area contributed by atoms with Crippen molar-refractivity contribution in [2.75, 3.05) is 18.2 Å².